The number of nitrogens with zero attached hydrogens (tertiary/aromatic N) is 1. The molecule has 0 bridgehead atoms. The highest BCUT2D eigenvalue weighted by Crippen LogP contribution is 2.39. The van der Waals surface area contributed by atoms with Crippen LogP contribution in [0, 0.1) is 6.92 Å². The number of thiocarbonyl (C=S) groups is 1. The van der Waals surface area contributed by atoms with Gasteiger partial charge < -0.3 is 14.2 Å². The van der Waals surface area contributed by atoms with Crippen LogP contribution in [-0.4, -0.2) is 30.8 Å². The van der Waals surface area contributed by atoms with E-state index in [0.29, 0.717) is 28.5 Å². The summed E-state index contributed by atoms with van der Waals surface area (Å²) >= 11 is 5.24. The summed E-state index contributed by atoms with van der Waals surface area (Å²) in [6.45, 7) is 1.97. The van der Waals surface area contributed by atoms with Gasteiger partial charge in [-0.3, -0.25) is 19.8 Å². The number of carbonyl (C=O) groups excluding carboxylic acids is 2. The molecule has 7 nitrogen and oxygen atoms in total. The zero-order chi connectivity index (χ0) is 19.8. The zero-order valence-electron chi connectivity index (χ0n) is 15.1. The predicted molar refractivity (Wildman–Crippen MR) is 106 cm³/mol. The molecular weight excluding hydrogens is 380 g/mol. The molecule has 8 heteroatoms. The smallest absolute Gasteiger partial charge is 0.270 e. The summed E-state index contributed by atoms with van der Waals surface area (Å²) in [4.78, 5) is 27.0. The fourth-order valence-electron chi connectivity index (χ4n) is 3.07. The molecule has 0 radical (unpaired) electrons. The molecule has 1 fully saturated rings. The van der Waals surface area contributed by atoms with Gasteiger partial charge in [0.25, 0.3) is 11.8 Å². The Bertz CT molecular complexity index is 1050. The highest BCUT2D eigenvalue weighted by Gasteiger charge is 2.35. The number of hydrogen-bond donors (Lipinski definition) is 1. The first kappa shape index (κ1) is 18.0. The van der Waals surface area contributed by atoms with Gasteiger partial charge in [0.2, 0.25) is 6.79 Å². The molecule has 142 valence electrons. The molecule has 28 heavy (non-hydrogen) atoms. The van der Waals surface area contributed by atoms with Crippen molar-refractivity contribution in [3.63, 3.8) is 0 Å². The van der Waals surface area contributed by atoms with E-state index in [9.17, 15) is 9.59 Å². The van der Waals surface area contributed by atoms with E-state index in [2.05, 4.69) is 5.32 Å². The monoisotopic (exact) mass is 396 g/mol. The number of amides is 2. The lowest BCUT2D eigenvalue weighted by atomic mass is 10.0. The maximum absolute atomic E-state index is 13.1. The summed E-state index contributed by atoms with van der Waals surface area (Å²) in [5.41, 5.74) is 1.92. The van der Waals surface area contributed by atoms with Gasteiger partial charge in [-0.15, -0.1) is 0 Å². The van der Waals surface area contributed by atoms with Crippen molar-refractivity contribution < 1.29 is 23.8 Å². The van der Waals surface area contributed by atoms with Crippen molar-refractivity contribution in [3.8, 4) is 17.2 Å². The molecule has 2 heterocycles. The third-order valence-electron chi connectivity index (χ3n) is 4.48. The Balaban J connectivity index is 1.79. The SMILES string of the molecule is COc1cc2c(cc1/C=C1/C(=O)NC(=S)N(c3ccccc3C)C1=O)OCO2. The summed E-state index contributed by atoms with van der Waals surface area (Å²) in [5, 5.41) is 2.62. The van der Waals surface area contributed by atoms with Crippen molar-refractivity contribution >= 4 is 40.9 Å². The van der Waals surface area contributed by atoms with E-state index >= 15 is 0 Å². The van der Waals surface area contributed by atoms with Crippen LogP contribution in [0.25, 0.3) is 6.08 Å². The van der Waals surface area contributed by atoms with Crippen LogP contribution in [-0.2, 0) is 9.59 Å². The number of nitrogens with one attached hydrogen (secondary N) is 1. The van der Waals surface area contributed by atoms with Crippen LogP contribution in [0.4, 0.5) is 5.69 Å². The molecule has 1 saturated heterocycles. The fourth-order valence-corrected chi connectivity index (χ4v) is 3.35. The normalized spacial score (nSPS) is 17.1. The standard InChI is InChI=1S/C20H16N2O5S/c1-11-5-3-4-6-14(11)22-19(24)13(18(23)21-20(22)28)7-12-8-16-17(27-10-26-16)9-15(12)25-2/h3-9H,10H2,1-2H3,(H,21,23,28)/b13-7-. The van der Waals surface area contributed by atoms with Crippen molar-refractivity contribution in [1.82, 2.24) is 5.32 Å². The minimum Gasteiger partial charge on any atom is -0.496 e. The molecule has 0 atom stereocenters. The Morgan fingerprint density at radius 1 is 1.18 bits per heavy atom. The molecule has 2 aromatic carbocycles. The Morgan fingerprint density at radius 3 is 2.61 bits per heavy atom. The first-order valence-electron chi connectivity index (χ1n) is 8.44. The molecule has 2 aliphatic rings. The fraction of sp³-hybridized carbons (Fsp3) is 0.150. The van der Waals surface area contributed by atoms with E-state index in [1.807, 2.05) is 19.1 Å². The summed E-state index contributed by atoms with van der Waals surface area (Å²) in [5.74, 6) is 0.430. The second kappa shape index (κ2) is 6.97. The second-order valence-corrected chi connectivity index (χ2v) is 6.58. The Morgan fingerprint density at radius 2 is 1.89 bits per heavy atom. The first-order valence-corrected chi connectivity index (χ1v) is 8.85. The summed E-state index contributed by atoms with van der Waals surface area (Å²) in [7, 11) is 1.50. The topological polar surface area (TPSA) is 77.1 Å². The van der Waals surface area contributed by atoms with Crippen LogP contribution in [0.1, 0.15) is 11.1 Å². The van der Waals surface area contributed by atoms with Crippen molar-refractivity contribution in [2.45, 2.75) is 6.92 Å². The number of ether oxygens (including phenoxy) is 3. The Kier molecular flexibility index (Phi) is 4.48. The zero-order valence-corrected chi connectivity index (χ0v) is 16.0. The summed E-state index contributed by atoms with van der Waals surface area (Å²) < 4.78 is 16.1. The molecular formula is C20H16N2O5S. The third-order valence-corrected chi connectivity index (χ3v) is 4.77. The van der Waals surface area contributed by atoms with Crippen LogP contribution in [0.3, 0.4) is 0 Å². The van der Waals surface area contributed by atoms with Crippen molar-refractivity contribution in [2.24, 2.45) is 0 Å². The van der Waals surface area contributed by atoms with Crippen LogP contribution >= 0.6 is 12.2 Å². The number of benzene rings is 2. The van der Waals surface area contributed by atoms with Crippen LogP contribution in [0.15, 0.2) is 42.0 Å². The Labute approximate surface area is 166 Å². The number of fused-ring (bicyclic) bond motifs is 1. The van der Waals surface area contributed by atoms with Crippen molar-refractivity contribution in [1.29, 1.82) is 0 Å². The van der Waals surface area contributed by atoms with E-state index in [4.69, 9.17) is 26.4 Å². The lowest BCUT2D eigenvalue weighted by Gasteiger charge is -2.30. The van der Waals surface area contributed by atoms with E-state index < -0.39 is 11.8 Å². The van der Waals surface area contributed by atoms with Crippen LogP contribution in [0.2, 0.25) is 0 Å². The van der Waals surface area contributed by atoms with Crippen molar-refractivity contribution in [2.75, 3.05) is 18.8 Å². The third kappa shape index (κ3) is 2.97. The number of methoxy groups -OCH3 is 1. The van der Waals surface area contributed by atoms with Gasteiger partial charge in [0.15, 0.2) is 16.6 Å². The van der Waals surface area contributed by atoms with Gasteiger partial charge in [0, 0.05) is 11.6 Å². The molecule has 2 aliphatic heterocycles. The molecule has 0 unspecified atom stereocenters. The van der Waals surface area contributed by atoms with Crippen LogP contribution in [0.5, 0.6) is 17.2 Å². The van der Waals surface area contributed by atoms with E-state index in [1.165, 1.54) is 18.1 Å². The van der Waals surface area contributed by atoms with Gasteiger partial charge in [0.05, 0.1) is 12.8 Å². The summed E-state index contributed by atoms with van der Waals surface area (Å²) in [6.07, 6.45) is 1.46. The number of rotatable bonds is 3. The van der Waals surface area contributed by atoms with Gasteiger partial charge in [0.1, 0.15) is 11.3 Å². The predicted octanol–water partition coefficient (Wildman–Crippen LogP) is 2.56. The molecule has 1 N–H and O–H groups in total. The van der Waals surface area contributed by atoms with Crippen LogP contribution < -0.4 is 24.4 Å². The molecule has 0 saturated carbocycles. The van der Waals surface area contributed by atoms with E-state index in [0.717, 1.165) is 5.56 Å². The van der Waals surface area contributed by atoms with Gasteiger partial charge in [-0.25, -0.2) is 0 Å². The van der Waals surface area contributed by atoms with Gasteiger partial charge in [-0.05, 0) is 42.9 Å². The lowest BCUT2D eigenvalue weighted by Crippen LogP contribution is -2.54. The summed E-state index contributed by atoms with van der Waals surface area (Å²) in [6, 6.07) is 10.6. The molecule has 0 aliphatic carbocycles. The van der Waals surface area contributed by atoms with Crippen molar-refractivity contribution in [3.05, 3.63) is 53.1 Å². The molecule has 4 rings (SSSR count). The number of carbonyl (C=O) groups is 2. The Hall–Kier alpha value is -3.39. The molecule has 2 amide bonds. The van der Waals surface area contributed by atoms with E-state index in [1.54, 1.807) is 24.3 Å². The lowest BCUT2D eigenvalue weighted by molar-refractivity contribution is -0.122. The minimum atomic E-state index is -0.570. The maximum Gasteiger partial charge on any atom is 0.270 e. The first-order chi connectivity index (χ1) is 13.5. The average molecular weight is 396 g/mol. The van der Waals surface area contributed by atoms with Gasteiger partial charge in [-0.1, -0.05) is 18.2 Å². The van der Waals surface area contributed by atoms with Gasteiger partial charge >= 0.3 is 0 Å². The van der Waals surface area contributed by atoms with E-state index in [-0.39, 0.29) is 17.5 Å². The number of para-hydroxylation sites is 1. The molecule has 0 spiro atoms. The molecule has 2 aromatic rings. The number of hydrogen-bond acceptors (Lipinski definition) is 6. The quantitative estimate of drug-likeness (QED) is 0.488. The maximum atomic E-state index is 13.1. The minimum absolute atomic E-state index is 0.0408. The highest BCUT2D eigenvalue weighted by molar-refractivity contribution is 7.80. The van der Waals surface area contributed by atoms with Gasteiger partial charge in [-0.2, -0.15) is 0 Å². The second-order valence-electron chi connectivity index (χ2n) is 6.19. The molecule has 0 aromatic heterocycles. The highest BCUT2D eigenvalue weighted by atomic mass is 32.1. The number of anilines is 1. The number of aryl methyl sites for hydroxylation is 1. The largest absolute Gasteiger partial charge is 0.496 e. The average Bonchev–Trinajstić information content (AvgIpc) is 3.13.